The molecule has 0 aliphatic carbocycles. The maximum Gasteiger partial charge on any atom is 0.305 e. The Balaban J connectivity index is 1.18. The van der Waals surface area contributed by atoms with Gasteiger partial charge in [-0.1, -0.05) is 18.2 Å². The molecular formula is C32H45N5O4. The Morgan fingerprint density at radius 1 is 1.22 bits per heavy atom. The number of amides is 1. The maximum absolute atomic E-state index is 13.5. The fourth-order valence-electron chi connectivity index (χ4n) is 6.43. The molecule has 41 heavy (non-hydrogen) atoms. The molecule has 2 aromatic rings. The smallest absolute Gasteiger partial charge is 0.305 e. The number of rotatable bonds is 10. The van der Waals surface area contributed by atoms with Gasteiger partial charge in [0.1, 0.15) is 5.82 Å². The number of aliphatic carboxylic acids is 1. The molecule has 1 aromatic carbocycles. The lowest BCUT2D eigenvalue weighted by Gasteiger charge is -2.44. The number of aromatic nitrogens is 1. The van der Waals surface area contributed by atoms with Crippen LogP contribution in [0, 0.1) is 5.92 Å². The van der Waals surface area contributed by atoms with Crippen molar-refractivity contribution >= 4 is 23.4 Å². The van der Waals surface area contributed by atoms with Gasteiger partial charge in [0, 0.05) is 31.0 Å². The van der Waals surface area contributed by atoms with Crippen molar-refractivity contribution in [3.05, 3.63) is 53.2 Å². The summed E-state index contributed by atoms with van der Waals surface area (Å²) in [5, 5.41) is 16.2. The quantitative estimate of drug-likeness (QED) is 0.398. The highest BCUT2D eigenvalue weighted by Gasteiger charge is 2.32. The van der Waals surface area contributed by atoms with E-state index in [1.807, 2.05) is 24.3 Å². The Kier molecular flexibility index (Phi) is 9.45. The number of morpholine rings is 1. The number of carboxylic acids is 1. The Morgan fingerprint density at radius 3 is 2.93 bits per heavy atom. The summed E-state index contributed by atoms with van der Waals surface area (Å²) in [7, 11) is 0. The van der Waals surface area contributed by atoms with Crippen LogP contribution in [-0.2, 0) is 27.2 Å². The minimum atomic E-state index is -0.927. The standard InChI is InChI=1S/C32H45N5O4/c1-32(2)22-41-18-17-37(32)27-11-3-7-24(19-27)28(20-29(38)39)35-31(40)25-9-5-15-36(21-25)16-6-10-26-13-12-23-8-4-14-33-30(23)34-26/h3,7,11-13,19,25,28H,4-6,8-10,14-18,20-22H2,1-2H3,(H,33,34)(H,35,40)(H,38,39)/t25-,28?/m1/s1. The third-order valence-electron chi connectivity index (χ3n) is 8.66. The molecule has 0 spiro atoms. The normalized spacial score (nSPS) is 21.4. The van der Waals surface area contributed by atoms with Gasteiger partial charge in [0.2, 0.25) is 5.91 Å². The summed E-state index contributed by atoms with van der Waals surface area (Å²) in [6.45, 7) is 9.94. The Labute approximate surface area is 243 Å². The van der Waals surface area contributed by atoms with Gasteiger partial charge < -0.3 is 30.3 Å². The number of piperidine rings is 1. The molecule has 0 saturated carbocycles. The predicted octanol–water partition coefficient (Wildman–Crippen LogP) is 4.03. The lowest BCUT2D eigenvalue weighted by molar-refractivity contribution is -0.138. The molecular weight excluding hydrogens is 518 g/mol. The average Bonchev–Trinajstić information content (AvgIpc) is 2.96. The van der Waals surface area contributed by atoms with Crippen molar-refractivity contribution in [1.29, 1.82) is 0 Å². The summed E-state index contributed by atoms with van der Waals surface area (Å²) in [5.74, 6) is -0.0878. The second-order valence-corrected chi connectivity index (χ2v) is 12.4. The molecule has 2 saturated heterocycles. The molecule has 2 fully saturated rings. The van der Waals surface area contributed by atoms with E-state index >= 15 is 0 Å². The number of nitrogens with zero attached hydrogens (tertiary/aromatic N) is 3. The van der Waals surface area contributed by atoms with Gasteiger partial charge in [0.25, 0.3) is 0 Å². The van der Waals surface area contributed by atoms with Crippen LogP contribution in [0.1, 0.15) is 68.8 Å². The van der Waals surface area contributed by atoms with Gasteiger partial charge in [-0.05, 0) is 94.8 Å². The molecule has 9 nitrogen and oxygen atoms in total. The molecule has 1 aromatic heterocycles. The SMILES string of the molecule is CC1(C)COCCN1c1cccc(C(CC(=O)O)NC(=O)[C@@H]2CCCN(CCCc3ccc4c(n3)NCCC4)C2)c1. The van der Waals surface area contributed by atoms with Crippen LogP contribution in [-0.4, -0.2) is 78.3 Å². The van der Waals surface area contributed by atoms with E-state index in [-0.39, 0.29) is 23.8 Å². The molecule has 0 radical (unpaired) electrons. The fraction of sp³-hybridized carbons (Fsp3) is 0.594. The van der Waals surface area contributed by atoms with Crippen molar-refractivity contribution in [2.45, 2.75) is 70.4 Å². The summed E-state index contributed by atoms with van der Waals surface area (Å²) in [6, 6.07) is 11.7. The second-order valence-electron chi connectivity index (χ2n) is 12.4. The van der Waals surface area contributed by atoms with Gasteiger partial charge >= 0.3 is 5.97 Å². The van der Waals surface area contributed by atoms with Crippen molar-refractivity contribution in [3.63, 3.8) is 0 Å². The first-order valence-electron chi connectivity index (χ1n) is 15.2. The van der Waals surface area contributed by atoms with Gasteiger partial charge in [-0.2, -0.15) is 0 Å². The number of nitrogens with one attached hydrogen (secondary N) is 2. The largest absolute Gasteiger partial charge is 0.481 e. The molecule has 0 bridgehead atoms. The van der Waals surface area contributed by atoms with Crippen LogP contribution in [0.2, 0.25) is 0 Å². The van der Waals surface area contributed by atoms with E-state index in [9.17, 15) is 14.7 Å². The van der Waals surface area contributed by atoms with Crippen molar-refractivity contribution in [2.24, 2.45) is 5.92 Å². The topological polar surface area (TPSA) is 107 Å². The molecule has 222 valence electrons. The number of ether oxygens (including phenoxy) is 1. The highest BCUT2D eigenvalue weighted by atomic mass is 16.5. The number of hydrogen-bond acceptors (Lipinski definition) is 7. The van der Waals surface area contributed by atoms with Crippen LogP contribution in [0.25, 0.3) is 0 Å². The predicted molar refractivity (Wildman–Crippen MR) is 160 cm³/mol. The molecule has 1 unspecified atom stereocenters. The highest BCUT2D eigenvalue weighted by molar-refractivity contribution is 5.80. The summed E-state index contributed by atoms with van der Waals surface area (Å²) in [4.78, 5) is 34.7. The first-order chi connectivity index (χ1) is 19.8. The minimum Gasteiger partial charge on any atom is -0.481 e. The Bertz CT molecular complexity index is 1220. The molecule has 3 aliphatic heterocycles. The van der Waals surface area contributed by atoms with Gasteiger partial charge in [-0.25, -0.2) is 4.98 Å². The van der Waals surface area contributed by atoms with Gasteiger partial charge in [-0.3, -0.25) is 9.59 Å². The number of carboxylic acid groups (broad SMARTS) is 1. The Morgan fingerprint density at radius 2 is 2.10 bits per heavy atom. The van der Waals surface area contributed by atoms with Gasteiger partial charge in [-0.15, -0.1) is 0 Å². The van der Waals surface area contributed by atoms with Crippen LogP contribution in [0.15, 0.2) is 36.4 Å². The zero-order valence-corrected chi connectivity index (χ0v) is 24.5. The molecule has 3 aliphatic rings. The van der Waals surface area contributed by atoms with Crippen LogP contribution in [0.3, 0.4) is 0 Å². The lowest BCUT2D eigenvalue weighted by atomic mass is 9.94. The van der Waals surface area contributed by atoms with Crippen LogP contribution in [0.4, 0.5) is 11.5 Å². The summed E-state index contributed by atoms with van der Waals surface area (Å²) in [5.41, 5.74) is 4.10. The third-order valence-corrected chi connectivity index (χ3v) is 8.66. The molecule has 3 N–H and O–H groups in total. The first kappa shape index (κ1) is 29.3. The molecule has 5 rings (SSSR count). The summed E-state index contributed by atoms with van der Waals surface area (Å²) in [6.07, 6.45) is 5.80. The number of fused-ring (bicyclic) bond motifs is 1. The third kappa shape index (κ3) is 7.57. The molecule has 1 amide bonds. The number of aryl methyl sites for hydroxylation is 2. The zero-order chi connectivity index (χ0) is 28.8. The van der Waals surface area contributed by atoms with Gasteiger partial charge in [0.05, 0.1) is 37.1 Å². The van der Waals surface area contributed by atoms with Crippen molar-refractivity contribution in [2.75, 3.05) is 56.2 Å². The maximum atomic E-state index is 13.5. The van der Waals surface area contributed by atoms with Crippen molar-refractivity contribution in [3.8, 4) is 0 Å². The lowest BCUT2D eigenvalue weighted by Crippen LogP contribution is -2.53. The van der Waals surface area contributed by atoms with Crippen molar-refractivity contribution < 1.29 is 19.4 Å². The van der Waals surface area contributed by atoms with Crippen LogP contribution >= 0.6 is 0 Å². The number of pyridine rings is 1. The zero-order valence-electron chi connectivity index (χ0n) is 24.5. The molecule has 9 heteroatoms. The first-order valence-corrected chi connectivity index (χ1v) is 15.2. The number of likely N-dealkylation sites (tertiary alicyclic amines) is 1. The van der Waals surface area contributed by atoms with E-state index in [1.54, 1.807) is 0 Å². The second kappa shape index (κ2) is 13.2. The molecule has 4 heterocycles. The number of carbonyl (C=O) groups is 2. The highest BCUT2D eigenvalue weighted by Crippen LogP contribution is 2.30. The van der Waals surface area contributed by atoms with E-state index in [1.165, 1.54) is 5.56 Å². The minimum absolute atomic E-state index is 0.0551. The number of hydrogen-bond donors (Lipinski definition) is 3. The van der Waals surface area contributed by atoms with E-state index in [0.717, 1.165) is 87.5 Å². The van der Waals surface area contributed by atoms with E-state index in [0.29, 0.717) is 19.8 Å². The molecule has 2 atom stereocenters. The van der Waals surface area contributed by atoms with Crippen LogP contribution in [0.5, 0.6) is 0 Å². The van der Waals surface area contributed by atoms with E-state index < -0.39 is 12.0 Å². The number of carbonyl (C=O) groups excluding carboxylic acids is 1. The number of anilines is 2. The average molecular weight is 564 g/mol. The van der Waals surface area contributed by atoms with Crippen LogP contribution < -0.4 is 15.5 Å². The Hall–Kier alpha value is -3.17. The summed E-state index contributed by atoms with van der Waals surface area (Å²) < 4.78 is 5.68. The van der Waals surface area contributed by atoms with Crippen molar-refractivity contribution in [1.82, 2.24) is 15.2 Å². The van der Waals surface area contributed by atoms with Gasteiger partial charge in [0.15, 0.2) is 0 Å². The number of benzene rings is 1. The summed E-state index contributed by atoms with van der Waals surface area (Å²) >= 11 is 0. The van der Waals surface area contributed by atoms with E-state index in [2.05, 4.69) is 46.4 Å². The monoisotopic (exact) mass is 563 g/mol. The fourth-order valence-corrected chi connectivity index (χ4v) is 6.43. The van der Waals surface area contributed by atoms with E-state index in [4.69, 9.17) is 9.72 Å².